The van der Waals surface area contributed by atoms with Crippen LogP contribution < -0.4 is 4.74 Å². The molecule has 3 aromatic carbocycles. The van der Waals surface area contributed by atoms with Gasteiger partial charge in [-0.3, -0.25) is 0 Å². The Bertz CT molecular complexity index is 1520. The summed E-state index contributed by atoms with van der Waals surface area (Å²) in [5, 5.41) is 1.02. The minimum Gasteiger partial charge on any atom is -0.491 e. The number of hydrogen-bond donors (Lipinski definition) is 0. The van der Waals surface area contributed by atoms with Crippen LogP contribution in [0.1, 0.15) is 11.1 Å². The molecule has 0 N–H and O–H groups in total. The van der Waals surface area contributed by atoms with Gasteiger partial charge in [0.25, 0.3) is 0 Å². The van der Waals surface area contributed by atoms with E-state index in [-0.39, 0.29) is 6.10 Å². The average molecular weight is 561 g/mol. The van der Waals surface area contributed by atoms with Crippen LogP contribution in [-0.4, -0.2) is 38.4 Å². The molecule has 0 amide bonds. The number of hydrogen-bond acceptors (Lipinski definition) is 5. The lowest BCUT2D eigenvalue weighted by Gasteiger charge is -2.30. The molecule has 39 heavy (non-hydrogen) atoms. The first-order valence-corrected chi connectivity index (χ1v) is 13.3. The van der Waals surface area contributed by atoms with E-state index in [0.717, 1.165) is 23.6 Å². The maximum Gasteiger partial charge on any atom is 0.215 e. The zero-order valence-electron chi connectivity index (χ0n) is 21.0. The van der Waals surface area contributed by atoms with Crippen molar-refractivity contribution in [3.05, 3.63) is 125 Å². The zero-order valence-corrected chi connectivity index (χ0v) is 22.5. The summed E-state index contributed by atoms with van der Waals surface area (Å²) in [5.74, 6) is -0.346. The quantitative estimate of drug-likeness (QED) is 0.207. The van der Waals surface area contributed by atoms with E-state index < -0.39 is 5.79 Å². The lowest BCUT2D eigenvalue weighted by Crippen LogP contribution is -2.34. The van der Waals surface area contributed by atoms with Crippen molar-refractivity contribution < 1.29 is 14.2 Å². The van der Waals surface area contributed by atoms with E-state index in [4.69, 9.17) is 37.4 Å². The van der Waals surface area contributed by atoms with Crippen molar-refractivity contribution in [1.82, 2.24) is 19.1 Å². The lowest BCUT2D eigenvalue weighted by molar-refractivity contribution is -0.189. The van der Waals surface area contributed by atoms with Crippen LogP contribution in [0.15, 0.2) is 104 Å². The molecule has 6 rings (SSSR count). The predicted molar refractivity (Wildman–Crippen MR) is 150 cm³/mol. The van der Waals surface area contributed by atoms with E-state index in [0.29, 0.717) is 35.4 Å². The predicted octanol–water partition coefficient (Wildman–Crippen LogP) is 6.45. The highest BCUT2D eigenvalue weighted by atomic mass is 35.5. The first-order valence-electron chi connectivity index (χ1n) is 12.6. The van der Waals surface area contributed by atoms with Crippen LogP contribution in [0.3, 0.4) is 0 Å². The number of imidazole rings is 2. The van der Waals surface area contributed by atoms with Crippen LogP contribution >= 0.6 is 23.2 Å². The molecule has 0 bridgehead atoms. The average Bonchev–Trinajstić information content (AvgIpc) is 3.71. The molecule has 3 heterocycles. The number of ether oxygens (including phenoxy) is 3. The molecule has 1 fully saturated rings. The van der Waals surface area contributed by atoms with E-state index in [1.54, 1.807) is 24.7 Å². The van der Waals surface area contributed by atoms with Gasteiger partial charge in [-0.15, -0.1) is 0 Å². The second-order valence-corrected chi connectivity index (χ2v) is 10.3. The Kier molecular flexibility index (Phi) is 7.39. The van der Waals surface area contributed by atoms with Crippen molar-refractivity contribution in [2.45, 2.75) is 25.0 Å². The van der Waals surface area contributed by atoms with E-state index >= 15 is 0 Å². The Morgan fingerprint density at radius 3 is 2.59 bits per heavy atom. The van der Waals surface area contributed by atoms with Gasteiger partial charge in [-0.2, -0.15) is 0 Å². The molecule has 198 valence electrons. The van der Waals surface area contributed by atoms with Crippen molar-refractivity contribution in [3.8, 4) is 17.0 Å². The molecule has 7 nitrogen and oxygen atoms in total. The summed E-state index contributed by atoms with van der Waals surface area (Å²) >= 11 is 12.7. The van der Waals surface area contributed by atoms with Gasteiger partial charge in [0.15, 0.2) is 0 Å². The molecule has 1 aliphatic heterocycles. The van der Waals surface area contributed by atoms with Crippen LogP contribution in [-0.2, 0) is 28.4 Å². The first kappa shape index (κ1) is 25.6. The van der Waals surface area contributed by atoms with Crippen molar-refractivity contribution in [1.29, 1.82) is 0 Å². The van der Waals surface area contributed by atoms with Gasteiger partial charge < -0.3 is 23.3 Å². The summed E-state index contributed by atoms with van der Waals surface area (Å²) in [6.45, 7) is 1.84. The largest absolute Gasteiger partial charge is 0.491 e. The summed E-state index contributed by atoms with van der Waals surface area (Å²) in [5.41, 5.74) is 3.87. The molecule has 0 aliphatic carbocycles. The minimum atomic E-state index is -1.08. The Labute approximate surface area is 236 Å². The Hall–Kier alpha value is -3.62. The fourth-order valence-electron chi connectivity index (χ4n) is 4.68. The van der Waals surface area contributed by atoms with Gasteiger partial charge in [0.05, 0.1) is 36.5 Å². The van der Waals surface area contributed by atoms with Gasteiger partial charge in [-0.1, -0.05) is 59.6 Å². The van der Waals surface area contributed by atoms with E-state index in [1.165, 1.54) is 5.56 Å². The molecule has 1 aliphatic rings. The molecule has 9 heteroatoms. The first-order chi connectivity index (χ1) is 19.1. The molecule has 5 aromatic rings. The highest BCUT2D eigenvalue weighted by Crippen LogP contribution is 2.40. The molecular weight excluding hydrogens is 535 g/mol. The summed E-state index contributed by atoms with van der Waals surface area (Å²) in [7, 11) is 0. The van der Waals surface area contributed by atoms with Crippen LogP contribution in [0.25, 0.3) is 11.3 Å². The third-order valence-corrected chi connectivity index (χ3v) is 7.13. The fourth-order valence-corrected chi connectivity index (χ4v) is 5.23. The molecule has 1 saturated heterocycles. The smallest absolute Gasteiger partial charge is 0.215 e. The molecule has 0 radical (unpaired) electrons. The molecule has 2 atom stereocenters. The van der Waals surface area contributed by atoms with Crippen molar-refractivity contribution >= 4 is 23.2 Å². The van der Waals surface area contributed by atoms with E-state index in [2.05, 4.69) is 26.7 Å². The van der Waals surface area contributed by atoms with Crippen molar-refractivity contribution in [2.24, 2.45) is 0 Å². The molecule has 0 spiro atoms. The van der Waals surface area contributed by atoms with E-state index in [9.17, 15) is 0 Å². The van der Waals surface area contributed by atoms with Crippen LogP contribution in [0.4, 0.5) is 0 Å². The Balaban J connectivity index is 1.10. The highest BCUT2D eigenvalue weighted by Gasteiger charge is 2.45. The molecule has 0 saturated carbocycles. The maximum absolute atomic E-state index is 6.56. The number of halogens is 2. The van der Waals surface area contributed by atoms with Gasteiger partial charge >= 0.3 is 0 Å². The third kappa shape index (κ3) is 5.87. The van der Waals surface area contributed by atoms with Crippen LogP contribution in [0.2, 0.25) is 10.0 Å². The van der Waals surface area contributed by atoms with Gasteiger partial charge in [0.1, 0.15) is 18.5 Å². The topological polar surface area (TPSA) is 63.3 Å². The molecular formula is C30H26Cl2N4O3. The number of aromatic nitrogens is 4. The summed E-state index contributed by atoms with van der Waals surface area (Å²) in [4.78, 5) is 8.71. The van der Waals surface area contributed by atoms with Crippen LogP contribution in [0, 0.1) is 0 Å². The van der Waals surface area contributed by atoms with Gasteiger partial charge in [-0.25, -0.2) is 9.97 Å². The second kappa shape index (κ2) is 11.2. The third-order valence-electron chi connectivity index (χ3n) is 6.58. The molecule has 2 unspecified atom stereocenters. The standard InChI is InChI=1S/C30H26Cl2N4O3/c31-24-8-11-27(28(32)14-24)30(19-35-13-12-33-20-35)38-18-26(39-30)17-37-25-9-6-23(7-10-25)29-16-36(21-34-29)15-22-4-2-1-3-5-22/h1-14,16,20-21,26H,15,17-19H2. The monoisotopic (exact) mass is 560 g/mol. The zero-order chi connectivity index (χ0) is 26.7. The second-order valence-electron chi connectivity index (χ2n) is 9.42. The van der Waals surface area contributed by atoms with E-state index in [1.807, 2.05) is 71.8 Å². The minimum absolute atomic E-state index is 0.298. The summed E-state index contributed by atoms with van der Waals surface area (Å²) < 4.78 is 22.8. The normalized spacial score (nSPS) is 18.9. The molecule has 2 aromatic heterocycles. The van der Waals surface area contributed by atoms with Crippen molar-refractivity contribution in [2.75, 3.05) is 13.2 Å². The number of benzene rings is 3. The Morgan fingerprint density at radius 2 is 1.82 bits per heavy atom. The maximum atomic E-state index is 6.56. The lowest BCUT2D eigenvalue weighted by atomic mass is 10.1. The number of nitrogens with zero attached hydrogens (tertiary/aromatic N) is 4. The van der Waals surface area contributed by atoms with Gasteiger partial charge in [0.2, 0.25) is 5.79 Å². The van der Waals surface area contributed by atoms with Gasteiger partial charge in [0, 0.05) is 41.3 Å². The Morgan fingerprint density at radius 1 is 0.974 bits per heavy atom. The SMILES string of the molecule is Clc1ccc(C2(Cn3ccnc3)OCC(COc3ccc(-c4cn(Cc5ccccc5)cn4)cc3)O2)c(Cl)c1. The highest BCUT2D eigenvalue weighted by molar-refractivity contribution is 6.35. The van der Waals surface area contributed by atoms with Gasteiger partial charge in [-0.05, 0) is 42.0 Å². The summed E-state index contributed by atoms with van der Waals surface area (Å²) in [6, 6.07) is 23.5. The fraction of sp³-hybridized carbons (Fsp3) is 0.200. The summed E-state index contributed by atoms with van der Waals surface area (Å²) in [6.07, 6.45) is 8.89. The van der Waals surface area contributed by atoms with Crippen molar-refractivity contribution in [3.63, 3.8) is 0 Å². The number of rotatable bonds is 9. The van der Waals surface area contributed by atoms with Crippen LogP contribution in [0.5, 0.6) is 5.75 Å².